The highest BCUT2D eigenvalue weighted by molar-refractivity contribution is 5.33. The molecule has 2 aliphatic heterocycles. The Morgan fingerprint density at radius 2 is 1.65 bits per heavy atom. The summed E-state index contributed by atoms with van der Waals surface area (Å²) in [5.74, 6) is -0.243. The number of halogens is 1. The van der Waals surface area contributed by atoms with Crippen LogP contribution in [0.3, 0.4) is 0 Å². The summed E-state index contributed by atoms with van der Waals surface area (Å²) in [7, 11) is 0. The zero-order valence-corrected chi connectivity index (χ0v) is 9.49. The van der Waals surface area contributed by atoms with Crippen molar-refractivity contribution in [2.75, 3.05) is 33.0 Å². The van der Waals surface area contributed by atoms with Gasteiger partial charge in [0.15, 0.2) is 0 Å². The molecule has 0 bridgehead atoms. The highest BCUT2D eigenvalue weighted by Crippen LogP contribution is 2.51. The molecule has 0 unspecified atom stereocenters. The summed E-state index contributed by atoms with van der Waals surface area (Å²) in [4.78, 5) is 0. The van der Waals surface area contributed by atoms with Crippen LogP contribution in [0.15, 0.2) is 24.3 Å². The van der Waals surface area contributed by atoms with Crippen LogP contribution in [-0.4, -0.2) is 38.1 Å². The second kappa shape index (κ2) is 3.77. The van der Waals surface area contributed by atoms with Crippen molar-refractivity contribution in [1.82, 2.24) is 0 Å². The molecule has 0 spiro atoms. The van der Waals surface area contributed by atoms with Gasteiger partial charge in [0.25, 0.3) is 0 Å². The third-order valence-electron chi connectivity index (χ3n) is 4.17. The highest BCUT2D eigenvalue weighted by atomic mass is 19.1. The number of aliphatic hydroxyl groups is 1. The number of benzene rings is 1. The number of hydrogen-bond acceptors (Lipinski definition) is 3. The number of aliphatic hydroxyl groups excluding tert-OH is 1. The Hall–Kier alpha value is -0.970. The SMILES string of the molecule is OCC1(C2(c3ccc(F)cc3)COC2)COC1. The Balaban J connectivity index is 1.99. The van der Waals surface area contributed by atoms with Gasteiger partial charge in [-0.15, -0.1) is 0 Å². The fraction of sp³-hybridized carbons (Fsp3) is 0.538. The van der Waals surface area contributed by atoms with Gasteiger partial charge < -0.3 is 14.6 Å². The molecule has 0 radical (unpaired) electrons. The summed E-state index contributed by atoms with van der Waals surface area (Å²) in [6.45, 7) is 2.31. The van der Waals surface area contributed by atoms with Gasteiger partial charge in [0, 0.05) is 0 Å². The number of rotatable bonds is 3. The van der Waals surface area contributed by atoms with E-state index in [1.807, 2.05) is 0 Å². The van der Waals surface area contributed by atoms with Crippen LogP contribution < -0.4 is 0 Å². The van der Waals surface area contributed by atoms with Crippen molar-refractivity contribution in [2.24, 2.45) is 5.41 Å². The van der Waals surface area contributed by atoms with Gasteiger partial charge >= 0.3 is 0 Å². The lowest BCUT2D eigenvalue weighted by Gasteiger charge is -2.58. The maximum absolute atomic E-state index is 13.0. The van der Waals surface area contributed by atoms with Gasteiger partial charge in [-0.05, 0) is 17.7 Å². The molecule has 0 saturated carbocycles. The molecular formula is C13H15FO3. The highest BCUT2D eigenvalue weighted by Gasteiger charge is 2.60. The molecule has 3 nitrogen and oxygen atoms in total. The second-order valence-electron chi connectivity index (χ2n) is 5.01. The summed E-state index contributed by atoms with van der Waals surface area (Å²) in [6, 6.07) is 6.49. The Bertz CT molecular complexity index is 402. The summed E-state index contributed by atoms with van der Waals surface area (Å²) in [6.07, 6.45) is 0. The molecule has 4 heteroatoms. The third-order valence-corrected chi connectivity index (χ3v) is 4.17. The molecule has 0 aliphatic carbocycles. The van der Waals surface area contributed by atoms with E-state index in [9.17, 15) is 9.50 Å². The smallest absolute Gasteiger partial charge is 0.123 e. The van der Waals surface area contributed by atoms with Gasteiger partial charge in [-0.25, -0.2) is 4.39 Å². The van der Waals surface area contributed by atoms with E-state index >= 15 is 0 Å². The molecular weight excluding hydrogens is 223 g/mol. The van der Waals surface area contributed by atoms with Crippen molar-refractivity contribution >= 4 is 0 Å². The minimum Gasteiger partial charge on any atom is -0.396 e. The molecule has 1 aromatic rings. The van der Waals surface area contributed by atoms with Crippen LogP contribution in [0.2, 0.25) is 0 Å². The van der Waals surface area contributed by atoms with E-state index in [4.69, 9.17) is 9.47 Å². The summed E-state index contributed by atoms with van der Waals surface area (Å²) in [5.41, 5.74) is 0.555. The summed E-state index contributed by atoms with van der Waals surface area (Å²) < 4.78 is 23.6. The van der Waals surface area contributed by atoms with E-state index in [1.165, 1.54) is 12.1 Å². The van der Waals surface area contributed by atoms with Gasteiger partial charge in [0.1, 0.15) is 5.82 Å². The summed E-state index contributed by atoms with van der Waals surface area (Å²) in [5, 5.41) is 9.64. The quantitative estimate of drug-likeness (QED) is 0.857. The average Bonchev–Trinajstić information content (AvgIpc) is 2.22. The number of ether oxygens (including phenoxy) is 2. The van der Waals surface area contributed by atoms with Gasteiger partial charge in [-0.3, -0.25) is 0 Å². The normalized spacial score (nSPS) is 24.8. The molecule has 0 aromatic heterocycles. The first-order chi connectivity index (χ1) is 8.22. The second-order valence-corrected chi connectivity index (χ2v) is 5.01. The van der Waals surface area contributed by atoms with E-state index in [1.54, 1.807) is 12.1 Å². The number of hydrogen-bond donors (Lipinski definition) is 1. The van der Waals surface area contributed by atoms with E-state index in [2.05, 4.69) is 0 Å². The Morgan fingerprint density at radius 1 is 1.06 bits per heavy atom. The summed E-state index contributed by atoms with van der Waals surface area (Å²) >= 11 is 0. The monoisotopic (exact) mass is 238 g/mol. The Morgan fingerprint density at radius 3 is 2.00 bits per heavy atom. The largest absolute Gasteiger partial charge is 0.396 e. The fourth-order valence-electron chi connectivity index (χ4n) is 2.72. The lowest BCUT2D eigenvalue weighted by molar-refractivity contribution is -0.242. The topological polar surface area (TPSA) is 38.7 Å². The maximum atomic E-state index is 13.0. The predicted octanol–water partition coefficient (Wildman–Crippen LogP) is 1.10. The first kappa shape index (κ1) is 11.1. The van der Waals surface area contributed by atoms with Gasteiger partial charge in [0.2, 0.25) is 0 Å². The van der Waals surface area contributed by atoms with Crippen molar-refractivity contribution in [2.45, 2.75) is 5.41 Å². The van der Waals surface area contributed by atoms with Crippen LogP contribution in [0.25, 0.3) is 0 Å². The van der Waals surface area contributed by atoms with Crippen molar-refractivity contribution in [3.8, 4) is 0 Å². The minimum atomic E-state index is -0.261. The minimum absolute atomic E-state index is 0.0771. The molecule has 2 heterocycles. The fourth-order valence-corrected chi connectivity index (χ4v) is 2.72. The van der Waals surface area contributed by atoms with Gasteiger partial charge in [-0.2, -0.15) is 0 Å². The zero-order chi connectivity index (χ0) is 11.9. The molecule has 1 aromatic carbocycles. The van der Waals surface area contributed by atoms with Crippen molar-refractivity contribution in [3.05, 3.63) is 35.6 Å². The van der Waals surface area contributed by atoms with E-state index in [0.717, 1.165) is 5.56 Å². The molecule has 0 amide bonds. The lowest BCUT2D eigenvalue weighted by atomic mass is 9.57. The molecule has 1 N–H and O–H groups in total. The third kappa shape index (κ3) is 1.38. The first-order valence-electron chi connectivity index (χ1n) is 5.75. The molecule has 3 rings (SSSR count). The standard InChI is InChI=1S/C13H15FO3/c14-11-3-1-10(2-4-11)13(8-17-9-13)12(5-15)6-16-7-12/h1-4,15H,5-9H2. The molecule has 92 valence electrons. The maximum Gasteiger partial charge on any atom is 0.123 e. The van der Waals surface area contributed by atoms with E-state index < -0.39 is 0 Å². The lowest BCUT2D eigenvalue weighted by Crippen LogP contribution is -2.68. The van der Waals surface area contributed by atoms with E-state index in [0.29, 0.717) is 26.4 Å². The van der Waals surface area contributed by atoms with E-state index in [-0.39, 0.29) is 23.3 Å². The molecule has 2 aliphatic rings. The van der Waals surface area contributed by atoms with Crippen LogP contribution >= 0.6 is 0 Å². The van der Waals surface area contributed by atoms with Crippen LogP contribution in [0.5, 0.6) is 0 Å². The first-order valence-corrected chi connectivity index (χ1v) is 5.75. The van der Waals surface area contributed by atoms with Crippen LogP contribution in [0.1, 0.15) is 5.56 Å². The van der Waals surface area contributed by atoms with Crippen LogP contribution in [-0.2, 0) is 14.9 Å². The average molecular weight is 238 g/mol. The van der Waals surface area contributed by atoms with Crippen LogP contribution in [0, 0.1) is 11.2 Å². The zero-order valence-electron chi connectivity index (χ0n) is 9.49. The Labute approximate surface area is 99.2 Å². The predicted molar refractivity (Wildman–Crippen MR) is 59.2 cm³/mol. The Kier molecular flexibility index (Phi) is 2.47. The van der Waals surface area contributed by atoms with Crippen molar-refractivity contribution in [3.63, 3.8) is 0 Å². The molecule has 17 heavy (non-hydrogen) atoms. The van der Waals surface area contributed by atoms with Gasteiger partial charge in [-0.1, -0.05) is 12.1 Å². The van der Waals surface area contributed by atoms with Crippen molar-refractivity contribution < 1.29 is 19.0 Å². The molecule has 0 atom stereocenters. The van der Waals surface area contributed by atoms with Gasteiger partial charge in [0.05, 0.1) is 43.9 Å². The van der Waals surface area contributed by atoms with Crippen molar-refractivity contribution in [1.29, 1.82) is 0 Å². The molecule has 2 fully saturated rings. The van der Waals surface area contributed by atoms with Crippen LogP contribution in [0.4, 0.5) is 4.39 Å². The molecule has 2 saturated heterocycles.